The number of nitrogens with one attached hydrogen (secondary N) is 1. The zero-order chi connectivity index (χ0) is 12.0. The second kappa shape index (κ2) is 6.89. The lowest BCUT2D eigenvalue weighted by Gasteiger charge is -2.15. The first-order valence-corrected chi connectivity index (χ1v) is 5.96. The van der Waals surface area contributed by atoms with Gasteiger partial charge in [-0.05, 0) is 12.3 Å². The van der Waals surface area contributed by atoms with Gasteiger partial charge in [0.05, 0.1) is 5.69 Å². The molecule has 1 aromatic heterocycles. The Morgan fingerprint density at radius 3 is 2.81 bits per heavy atom. The minimum absolute atomic E-state index is 0.198. The molecule has 0 amide bonds. The predicted octanol–water partition coefficient (Wildman–Crippen LogP) is 2.60. The molecule has 0 radical (unpaired) electrons. The average molecular weight is 264 g/mol. The molecule has 16 heavy (non-hydrogen) atoms. The van der Waals surface area contributed by atoms with Crippen molar-refractivity contribution in [1.82, 2.24) is 10.2 Å². The molecular weight excluding hydrogens is 249 g/mol. The lowest BCUT2D eigenvalue weighted by Crippen LogP contribution is -2.15. The Morgan fingerprint density at radius 2 is 2.19 bits per heavy atom. The number of hydrogen-bond acceptors (Lipinski definition) is 4. The van der Waals surface area contributed by atoms with Gasteiger partial charge < -0.3 is 10.4 Å². The third-order valence-electron chi connectivity index (χ3n) is 2.41. The fourth-order valence-electron chi connectivity index (χ4n) is 1.36. The number of aliphatic hydroxyl groups excluding tert-OH is 1. The lowest BCUT2D eigenvalue weighted by molar-refractivity contribution is 0.258. The van der Waals surface area contributed by atoms with E-state index in [2.05, 4.69) is 22.4 Å². The van der Waals surface area contributed by atoms with Crippen molar-refractivity contribution in [2.75, 3.05) is 18.5 Å². The summed E-state index contributed by atoms with van der Waals surface area (Å²) in [6, 6.07) is 1.64. The Balaban J connectivity index is 2.55. The van der Waals surface area contributed by atoms with E-state index in [4.69, 9.17) is 28.3 Å². The summed E-state index contributed by atoms with van der Waals surface area (Å²) in [6.45, 7) is 3.02. The van der Waals surface area contributed by atoms with Gasteiger partial charge in [-0.1, -0.05) is 36.5 Å². The smallest absolute Gasteiger partial charge is 0.174 e. The maximum Gasteiger partial charge on any atom is 0.174 e. The van der Waals surface area contributed by atoms with Crippen LogP contribution in [0.4, 0.5) is 5.69 Å². The van der Waals surface area contributed by atoms with Crippen LogP contribution in [0.15, 0.2) is 6.07 Å². The molecule has 0 aromatic carbocycles. The minimum Gasteiger partial charge on any atom is -0.396 e. The monoisotopic (exact) mass is 263 g/mol. The number of aliphatic hydroxyl groups is 1. The molecular formula is C10H15Cl2N3O. The Kier molecular flexibility index (Phi) is 5.80. The Hall–Kier alpha value is -0.580. The molecule has 0 saturated carbocycles. The van der Waals surface area contributed by atoms with Crippen LogP contribution in [0.25, 0.3) is 0 Å². The molecule has 90 valence electrons. The maximum atomic E-state index is 8.87. The van der Waals surface area contributed by atoms with Crippen LogP contribution in [-0.4, -0.2) is 28.5 Å². The zero-order valence-electron chi connectivity index (χ0n) is 9.08. The number of nitrogens with zero attached hydrogens (tertiary/aromatic N) is 2. The highest BCUT2D eigenvalue weighted by Crippen LogP contribution is 2.21. The van der Waals surface area contributed by atoms with Crippen LogP contribution in [0.2, 0.25) is 10.3 Å². The number of rotatable bonds is 6. The van der Waals surface area contributed by atoms with Gasteiger partial charge in [0, 0.05) is 19.2 Å². The molecule has 1 rings (SSSR count). The Bertz CT molecular complexity index is 336. The van der Waals surface area contributed by atoms with Gasteiger partial charge in [0.1, 0.15) is 0 Å². The van der Waals surface area contributed by atoms with E-state index in [9.17, 15) is 0 Å². The predicted molar refractivity (Wildman–Crippen MR) is 66.0 cm³/mol. The molecule has 1 atom stereocenters. The summed E-state index contributed by atoms with van der Waals surface area (Å²) >= 11 is 11.6. The van der Waals surface area contributed by atoms with Gasteiger partial charge in [-0.25, -0.2) is 0 Å². The summed E-state index contributed by atoms with van der Waals surface area (Å²) < 4.78 is 0. The third kappa shape index (κ3) is 4.12. The first kappa shape index (κ1) is 13.5. The molecule has 0 aliphatic carbocycles. The molecule has 0 bridgehead atoms. The van der Waals surface area contributed by atoms with Crippen LogP contribution in [0, 0.1) is 5.92 Å². The van der Waals surface area contributed by atoms with Crippen molar-refractivity contribution in [1.29, 1.82) is 0 Å². The van der Waals surface area contributed by atoms with Gasteiger partial charge in [0.25, 0.3) is 0 Å². The van der Waals surface area contributed by atoms with Crippen LogP contribution in [-0.2, 0) is 0 Å². The minimum atomic E-state index is 0.198. The van der Waals surface area contributed by atoms with Crippen LogP contribution in [0.1, 0.15) is 19.8 Å². The van der Waals surface area contributed by atoms with E-state index < -0.39 is 0 Å². The highest BCUT2D eigenvalue weighted by atomic mass is 35.5. The average Bonchev–Trinajstić information content (AvgIpc) is 2.28. The van der Waals surface area contributed by atoms with E-state index >= 15 is 0 Å². The van der Waals surface area contributed by atoms with Crippen LogP contribution < -0.4 is 5.32 Å². The second-order valence-electron chi connectivity index (χ2n) is 3.54. The van der Waals surface area contributed by atoms with E-state index in [0.29, 0.717) is 21.9 Å². The SMILES string of the molecule is CCC(CCO)CNc1cc(Cl)nnc1Cl. The largest absolute Gasteiger partial charge is 0.396 e. The number of anilines is 1. The molecule has 2 N–H and O–H groups in total. The fraction of sp³-hybridized carbons (Fsp3) is 0.600. The van der Waals surface area contributed by atoms with Crippen molar-refractivity contribution in [2.45, 2.75) is 19.8 Å². The fourth-order valence-corrected chi connectivity index (χ4v) is 1.67. The molecule has 1 aromatic rings. The first-order valence-electron chi connectivity index (χ1n) is 5.20. The molecule has 6 heteroatoms. The number of halogens is 2. The van der Waals surface area contributed by atoms with Crippen molar-refractivity contribution >= 4 is 28.9 Å². The van der Waals surface area contributed by atoms with Gasteiger partial charge in [-0.15, -0.1) is 10.2 Å². The van der Waals surface area contributed by atoms with Crippen LogP contribution >= 0.6 is 23.2 Å². The molecule has 1 heterocycles. The van der Waals surface area contributed by atoms with E-state index in [1.54, 1.807) is 6.07 Å². The quantitative estimate of drug-likeness (QED) is 0.829. The number of hydrogen-bond donors (Lipinski definition) is 2. The van der Waals surface area contributed by atoms with Gasteiger partial charge in [0.15, 0.2) is 10.3 Å². The van der Waals surface area contributed by atoms with Crippen molar-refractivity contribution in [3.8, 4) is 0 Å². The molecule has 0 fully saturated rings. The van der Waals surface area contributed by atoms with Gasteiger partial charge >= 0.3 is 0 Å². The normalized spacial score (nSPS) is 12.5. The Morgan fingerprint density at radius 1 is 1.44 bits per heavy atom. The van der Waals surface area contributed by atoms with Crippen molar-refractivity contribution in [3.05, 3.63) is 16.4 Å². The summed E-state index contributed by atoms with van der Waals surface area (Å²) in [7, 11) is 0. The first-order chi connectivity index (χ1) is 7.67. The lowest BCUT2D eigenvalue weighted by atomic mass is 10.0. The molecule has 0 saturated heterocycles. The third-order valence-corrected chi connectivity index (χ3v) is 2.88. The summed E-state index contributed by atoms with van der Waals surface area (Å²) in [5, 5.41) is 20.0. The van der Waals surface area contributed by atoms with E-state index in [-0.39, 0.29) is 6.61 Å². The maximum absolute atomic E-state index is 8.87. The topological polar surface area (TPSA) is 58.0 Å². The molecule has 0 spiro atoms. The Labute approximate surface area is 105 Å². The van der Waals surface area contributed by atoms with E-state index in [1.165, 1.54) is 0 Å². The van der Waals surface area contributed by atoms with Gasteiger partial charge in [-0.3, -0.25) is 0 Å². The second-order valence-corrected chi connectivity index (χ2v) is 4.28. The summed E-state index contributed by atoms with van der Waals surface area (Å²) in [5.41, 5.74) is 0.679. The van der Waals surface area contributed by atoms with Gasteiger partial charge in [-0.2, -0.15) is 0 Å². The summed E-state index contributed by atoms with van der Waals surface area (Å²) in [6.07, 6.45) is 1.77. The van der Waals surface area contributed by atoms with E-state index in [1.807, 2.05) is 0 Å². The molecule has 0 aliphatic heterocycles. The highest BCUT2D eigenvalue weighted by molar-refractivity contribution is 6.33. The molecule has 1 unspecified atom stereocenters. The van der Waals surface area contributed by atoms with E-state index in [0.717, 1.165) is 19.4 Å². The zero-order valence-corrected chi connectivity index (χ0v) is 10.6. The van der Waals surface area contributed by atoms with Crippen molar-refractivity contribution < 1.29 is 5.11 Å². The van der Waals surface area contributed by atoms with Crippen LogP contribution in [0.3, 0.4) is 0 Å². The number of aromatic nitrogens is 2. The van der Waals surface area contributed by atoms with Crippen molar-refractivity contribution in [3.63, 3.8) is 0 Å². The highest BCUT2D eigenvalue weighted by Gasteiger charge is 2.08. The molecule has 4 nitrogen and oxygen atoms in total. The van der Waals surface area contributed by atoms with Crippen molar-refractivity contribution in [2.24, 2.45) is 5.92 Å². The van der Waals surface area contributed by atoms with Gasteiger partial charge in [0.2, 0.25) is 0 Å². The molecule has 0 aliphatic rings. The summed E-state index contributed by atoms with van der Waals surface area (Å²) in [4.78, 5) is 0. The summed E-state index contributed by atoms with van der Waals surface area (Å²) in [5.74, 6) is 0.410. The standard InChI is InChI=1S/C10H15Cl2N3O/c1-2-7(3-4-16)6-13-8-5-9(11)14-15-10(8)12/h5,7,16H,2-4,6H2,1H3,(H,13,14). The van der Waals surface area contributed by atoms with Crippen LogP contribution in [0.5, 0.6) is 0 Å².